The zero-order valence-electron chi connectivity index (χ0n) is 6.31. The fourth-order valence-corrected chi connectivity index (χ4v) is 0.727. The Morgan fingerprint density at radius 2 is 1.92 bits per heavy atom. The van der Waals surface area contributed by atoms with Crippen molar-refractivity contribution in [2.75, 3.05) is 0 Å². The van der Waals surface area contributed by atoms with Gasteiger partial charge in [0.05, 0.1) is 0 Å². The highest BCUT2D eigenvalue weighted by Crippen LogP contribution is 2.03. The Labute approximate surface area is 75.4 Å². The number of H-pyrrole nitrogens is 1. The van der Waals surface area contributed by atoms with Crippen molar-refractivity contribution in [3.05, 3.63) is 48.0 Å². The van der Waals surface area contributed by atoms with E-state index in [2.05, 4.69) is 15.2 Å². The summed E-state index contributed by atoms with van der Waals surface area (Å²) in [6.07, 6.45) is 2.96. The van der Waals surface area contributed by atoms with Gasteiger partial charge in [-0.3, -0.25) is 5.10 Å². The number of hydrogen-bond acceptors (Lipinski definition) is 2. The molecule has 2 rings (SSSR count). The summed E-state index contributed by atoms with van der Waals surface area (Å²) in [7, 11) is 0. The first kappa shape index (κ1) is 8.74. The lowest BCUT2D eigenvalue weighted by Gasteiger charge is -1.80. The van der Waals surface area contributed by atoms with Crippen LogP contribution in [0.3, 0.4) is 0 Å². The molecule has 4 heteroatoms. The summed E-state index contributed by atoms with van der Waals surface area (Å²) in [5.74, 6) is 0. The van der Waals surface area contributed by atoms with E-state index < -0.39 is 0 Å². The Hall–Kier alpha value is -1.35. The quantitative estimate of drug-likeness (QED) is 0.677. The fourth-order valence-electron chi connectivity index (χ4n) is 0.581. The van der Waals surface area contributed by atoms with E-state index in [-0.39, 0.29) is 0 Å². The van der Waals surface area contributed by atoms with Gasteiger partial charge >= 0.3 is 0 Å². The predicted octanol–water partition coefficient (Wildman–Crippen LogP) is 2.14. The molecule has 1 heterocycles. The minimum atomic E-state index is 0.794. The van der Waals surface area contributed by atoms with Crippen molar-refractivity contribution in [3.8, 4) is 0 Å². The zero-order valence-corrected chi connectivity index (χ0v) is 7.07. The summed E-state index contributed by atoms with van der Waals surface area (Å²) in [4.78, 5) is 3.56. The van der Waals surface area contributed by atoms with Crippen LogP contribution in [0.5, 0.6) is 0 Å². The SMILES string of the molecule is Clc1ccccc1.c1nc[nH]n1. The van der Waals surface area contributed by atoms with Crippen LogP contribution in [0.15, 0.2) is 43.0 Å². The third-order valence-corrected chi connectivity index (χ3v) is 1.32. The van der Waals surface area contributed by atoms with Gasteiger partial charge in [0.2, 0.25) is 0 Å². The third kappa shape index (κ3) is 3.73. The Kier molecular flexibility index (Phi) is 3.88. The molecule has 2 aromatic rings. The highest BCUT2D eigenvalue weighted by Gasteiger charge is 1.74. The highest BCUT2D eigenvalue weighted by molar-refractivity contribution is 6.30. The summed E-state index contributed by atoms with van der Waals surface area (Å²) in [5, 5.41) is 6.78. The maximum absolute atomic E-state index is 5.54. The minimum absolute atomic E-state index is 0.794. The van der Waals surface area contributed by atoms with Crippen molar-refractivity contribution in [2.24, 2.45) is 0 Å². The van der Waals surface area contributed by atoms with Crippen LogP contribution in [-0.4, -0.2) is 15.2 Å². The van der Waals surface area contributed by atoms with E-state index in [0.29, 0.717) is 0 Å². The molecule has 62 valence electrons. The second-order valence-electron chi connectivity index (χ2n) is 1.95. The average molecular weight is 182 g/mol. The molecule has 0 bridgehead atoms. The molecule has 0 spiro atoms. The van der Waals surface area contributed by atoms with Crippen LogP contribution in [0.1, 0.15) is 0 Å². The van der Waals surface area contributed by atoms with Crippen molar-refractivity contribution in [1.29, 1.82) is 0 Å². The Morgan fingerprint density at radius 1 is 1.17 bits per heavy atom. The van der Waals surface area contributed by atoms with Crippen LogP contribution in [0.2, 0.25) is 5.02 Å². The smallest absolute Gasteiger partial charge is 0.137 e. The van der Waals surface area contributed by atoms with Gasteiger partial charge in [-0.25, -0.2) is 4.98 Å². The molecule has 1 aromatic heterocycles. The number of nitrogens with one attached hydrogen (secondary N) is 1. The molecule has 0 fully saturated rings. The number of rotatable bonds is 0. The normalized spacial score (nSPS) is 8.42. The maximum atomic E-state index is 5.54. The Morgan fingerprint density at radius 3 is 2.17 bits per heavy atom. The molecule has 1 N–H and O–H groups in total. The van der Waals surface area contributed by atoms with Crippen LogP contribution in [-0.2, 0) is 0 Å². The van der Waals surface area contributed by atoms with Crippen LogP contribution < -0.4 is 0 Å². The van der Waals surface area contributed by atoms with E-state index in [0.717, 1.165) is 5.02 Å². The van der Waals surface area contributed by atoms with Gasteiger partial charge in [0.1, 0.15) is 12.7 Å². The van der Waals surface area contributed by atoms with Crippen molar-refractivity contribution >= 4 is 11.6 Å². The van der Waals surface area contributed by atoms with Gasteiger partial charge in [0.25, 0.3) is 0 Å². The highest BCUT2D eigenvalue weighted by atomic mass is 35.5. The molecular weight excluding hydrogens is 174 g/mol. The molecule has 3 nitrogen and oxygen atoms in total. The number of aromatic nitrogens is 3. The second kappa shape index (κ2) is 5.32. The van der Waals surface area contributed by atoms with Crippen molar-refractivity contribution in [3.63, 3.8) is 0 Å². The molecule has 0 unspecified atom stereocenters. The van der Waals surface area contributed by atoms with Crippen molar-refractivity contribution in [2.45, 2.75) is 0 Å². The number of nitrogens with zero attached hydrogens (tertiary/aromatic N) is 2. The van der Waals surface area contributed by atoms with Crippen molar-refractivity contribution < 1.29 is 0 Å². The van der Waals surface area contributed by atoms with E-state index in [9.17, 15) is 0 Å². The Bertz CT molecular complexity index is 263. The summed E-state index contributed by atoms with van der Waals surface area (Å²) in [6, 6.07) is 9.44. The first-order valence-electron chi connectivity index (χ1n) is 3.39. The largest absolute Gasteiger partial charge is 0.266 e. The van der Waals surface area contributed by atoms with Gasteiger partial charge in [0, 0.05) is 5.02 Å². The van der Waals surface area contributed by atoms with Crippen LogP contribution in [0.25, 0.3) is 0 Å². The summed E-state index contributed by atoms with van der Waals surface area (Å²) >= 11 is 5.54. The first-order chi connectivity index (χ1) is 5.89. The van der Waals surface area contributed by atoms with Gasteiger partial charge < -0.3 is 0 Å². The van der Waals surface area contributed by atoms with Gasteiger partial charge in [-0.2, -0.15) is 5.10 Å². The van der Waals surface area contributed by atoms with Crippen LogP contribution >= 0.6 is 11.6 Å². The molecule has 12 heavy (non-hydrogen) atoms. The summed E-state index contributed by atoms with van der Waals surface area (Å²) in [5.41, 5.74) is 0. The third-order valence-electron chi connectivity index (χ3n) is 1.06. The molecule has 1 aromatic carbocycles. The number of hydrogen-bond donors (Lipinski definition) is 1. The van der Waals surface area contributed by atoms with E-state index >= 15 is 0 Å². The lowest BCUT2D eigenvalue weighted by molar-refractivity contribution is 1.09. The van der Waals surface area contributed by atoms with Gasteiger partial charge in [-0.05, 0) is 12.1 Å². The Balaban J connectivity index is 0.000000127. The van der Waals surface area contributed by atoms with E-state index in [4.69, 9.17) is 11.6 Å². The second-order valence-corrected chi connectivity index (χ2v) is 2.38. The molecule has 0 radical (unpaired) electrons. The molecule has 0 saturated carbocycles. The summed E-state index contributed by atoms with van der Waals surface area (Å²) < 4.78 is 0. The number of aromatic amines is 1. The standard InChI is InChI=1S/C6H5Cl.C2H3N3/c7-6-4-2-1-3-5-6;1-3-2-5-4-1/h1-5H;1-2H,(H,3,4,5). The maximum Gasteiger partial charge on any atom is 0.137 e. The lowest BCUT2D eigenvalue weighted by atomic mass is 10.4. The molecule has 0 aliphatic rings. The molecule has 0 atom stereocenters. The van der Waals surface area contributed by atoms with Crippen LogP contribution in [0.4, 0.5) is 0 Å². The van der Waals surface area contributed by atoms with Crippen LogP contribution in [0, 0.1) is 0 Å². The fraction of sp³-hybridized carbons (Fsp3) is 0. The van der Waals surface area contributed by atoms with E-state index in [1.165, 1.54) is 12.7 Å². The topological polar surface area (TPSA) is 41.6 Å². The van der Waals surface area contributed by atoms with Gasteiger partial charge in [0.15, 0.2) is 0 Å². The summed E-state index contributed by atoms with van der Waals surface area (Å²) in [6.45, 7) is 0. The average Bonchev–Trinajstić information content (AvgIpc) is 2.62. The number of halogens is 1. The molecule has 0 aliphatic heterocycles. The predicted molar refractivity (Wildman–Crippen MR) is 47.8 cm³/mol. The van der Waals surface area contributed by atoms with E-state index in [1.54, 1.807) is 0 Å². The van der Waals surface area contributed by atoms with Gasteiger partial charge in [-0.15, -0.1) is 0 Å². The number of benzene rings is 1. The first-order valence-corrected chi connectivity index (χ1v) is 3.76. The van der Waals surface area contributed by atoms with Gasteiger partial charge in [-0.1, -0.05) is 29.8 Å². The monoisotopic (exact) mass is 181 g/mol. The lowest BCUT2D eigenvalue weighted by Crippen LogP contribution is -1.55. The molecule has 0 saturated heterocycles. The van der Waals surface area contributed by atoms with Crippen molar-refractivity contribution in [1.82, 2.24) is 15.2 Å². The molecular formula is C8H8ClN3. The molecule has 0 amide bonds. The zero-order chi connectivity index (χ0) is 8.65. The minimum Gasteiger partial charge on any atom is -0.266 e. The molecule has 0 aliphatic carbocycles. The van der Waals surface area contributed by atoms with E-state index in [1.807, 2.05) is 30.3 Å².